The van der Waals surface area contributed by atoms with E-state index in [1.54, 1.807) is 11.3 Å². The second kappa shape index (κ2) is 5.84. The van der Waals surface area contributed by atoms with Crippen LogP contribution >= 0.6 is 33.9 Å². The molecule has 0 aliphatic carbocycles. The van der Waals surface area contributed by atoms with E-state index in [2.05, 4.69) is 49.2 Å². The summed E-state index contributed by atoms with van der Waals surface area (Å²) in [5.41, 5.74) is 2.84. The number of rotatable bonds is 3. The van der Waals surface area contributed by atoms with E-state index in [0.717, 1.165) is 21.6 Å². The highest BCUT2D eigenvalue weighted by atomic mass is 125. The first-order chi connectivity index (χ1) is 9.74. The predicted octanol–water partition coefficient (Wildman–Crippen LogP) is 5.36. The summed E-state index contributed by atoms with van der Waals surface area (Å²) in [4.78, 5) is 4.45. The Morgan fingerprint density at radius 2 is 1.90 bits per heavy atom. The lowest BCUT2D eigenvalue weighted by molar-refractivity contribution is 1.21. The fourth-order valence-electron chi connectivity index (χ4n) is 1.72. The van der Waals surface area contributed by atoms with Gasteiger partial charge in [0.15, 0.2) is 0 Å². The van der Waals surface area contributed by atoms with E-state index < -0.39 is 0 Å². The van der Waals surface area contributed by atoms with Gasteiger partial charge in [-0.3, -0.25) is 0 Å². The fraction of sp³-hybridized carbons (Fsp3) is 0.0714. The number of halogens is 1. The third-order valence-electron chi connectivity index (χ3n) is 2.75. The third-order valence-corrected chi connectivity index (χ3v) is 4.32. The number of hydrogen-bond donors (Lipinski definition) is 1. The van der Waals surface area contributed by atoms with Crippen molar-refractivity contribution in [3.63, 3.8) is 0 Å². The number of nitrogens with zero attached hydrogens (tertiary/aromatic N) is 3. The lowest BCUT2D eigenvalue weighted by atomic mass is 10.3. The van der Waals surface area contributed by atoms with Gasteiger partial charge in [0.1, 0.15) is 0 Å². The van der Waals surface area contributed by atoms with E-state index in [1.165, 1.54) is 3.57 Å². The molecule has 0 radical (unpaired) electrons. The summed E-state index contributed by atoms with van der Waals surface area (Å²) in [7, 11) is 1.89. The maximum Gasteiger partial charge on any atom is 0.231 e. The maximum atomic E-state index is 4.45. The van der Waals surface area contributed by atoms with E-state index in [0.29, 0.717) is 5.13 Å². The number of anilines is 1. The molecule has 3 rings (SSSR count). The minimum Gasteiger partial charge on any atom is -0.388 e. The Morgan fingerprint density at radius 1 is 1.10 bits per heavy atom. The molecule has 0 atom stereocenters. The van der Waals surface area contributed by atoms with Gasteiger partial charge in [0.2, 0.25) is 5.13 Å². The number of fused-ring (bicyclic) bond motifs is 1. The summed E-state index contributed by atoms with van der Waals surface area (Å²) in [6, 6.07) is 13.9. The van der Waals surface area contributed by atoms with Crippen molar-refractivity contribution in [2.75, 3.05) is 12.4 Å². The number of azo groups is 1. The highest BCUT2D eigenvalue weighted by molar-refractivity contribution is 14.1. The molecule has 2 aromatic carbocycles. The Hall–Kier alpha value is -1.54. The van der Waals surface area contributed by atoms with Crippen LogP contribution in [0, 0.1) is 3.57 Å². The van der Waals surface area contributed by atoms with E-state index in [9.17, 15) is 0 Å². The molecule has 6 heteroatoms. The topological polar surface area (TPSA) is 49.6 Å². The molecule has 3 aromatic rings. The van der Waals surface area contributed by atoms with Crippen molar-refractivity contribution in [3.8, 4) is 0 Å². The average Bonchev–Trinajstić information content (AvgIpc) is 2.87. The minimum atomic E-state index is 0.680. The second-order valence-corrected chi connectivity index (χ2v) is 6.36. The number of benzene rings is 2. The third kappa shape index (κ3) is 2.96. The van der Waals surface area contributed by atoms with Crippen LogP contribution in [-0.4, -0.2) is 12.0 Å². The lowest BCUT2D eigenvalue weighted by Crippen LogP contribution is -1.84. The average molecular weight is 392 g/mol. The van der Waals surface area contributed by atoms with Crippen LogP contribution < -0.4 is 5.32 Å². The molecule has 0 amide bonds. The van der Waals surface area contributed by atoms with E-state index in [1.807, 2.05) is 43.4 Å². The summed E-state index contributed by atoms with van der Waals surface area (Å²) < 4.78 is 2.33. The molecule has 0 bridgehead atoms. The Bertz CT molecular complexity index is 764. The number of aromatic nitrogens is 1. The zero-order valence-electron chi connectivity index (χ0n) is 10.7. The predicted molar refractivity (Wildman–Crippen MR) is 92.5 cm³/mol. The van der Waals surface area contributed by atoms with Crippen LogP contribution in [0.2, 0.25) is 0 Å². The van der Waals surface area contributed by atoms with Gasteiger partial charge in [-0.2, -0.15) is 0 Å². The molecule has 0 aliphatic heterocycles. The van der Waals surface area contributed by atoms with Crippen molar-refractivity contribution in [1.29, 1.82) is 0 Å². The molecule has 1 heterocycles. The second-order valence-electron chi connectivity index (χ2n) is 4.11. The zero-order chi connectivity index (χ0) is 13.9. The van der Waals surface area contributed by atoms with Gasteiger partial charge in [0, 0.05) is 16.3 Å². The van der Waals surface area contributed by atoms with Crippen LogP contribution in [0.1, 0.15) is 0 Å². The largest absolute Gasteiger partial charge is 0.388 e. The minimum absolute atomic E-state index is 0.680. The van der Waals surface area contributed by atoms with E-state index in [4.69, 9.17) is 0 Å². The van der Waals surface area contributed by atoms with Gasteiger partial charge < -0.3 is 5.32 Å². The van der Waals surface area contributed by atoms with Crippen molar-refractivity contribution >= 4 is 60.7 Å². The van der Waals surface area contributed by atoms with Gasteiger partial charge in [0.05, 0.1) is 15.9 Å². The first-order valence-electron chi connectivity index (χ1n) is 6.00. The van der Waals surface area contributed by atoms with E-state index in [-0.39, 0.29) is 0 Å². The van der Waals surface area contributed by atoms with Crippen LogP contribution in [0.15, 0.2) is 52.7 Å². The molecule has 20 heavy (non-hydrogen) atoms. The normalized spacial score (nSPS) is 11.3. The van der Waals surface area contributed by atoms with Gasteiger partial charge in [-0.05, 0) is 65.1 Å². The van der Waals surface area contributed by atoms with Gasteiger partial charge in [-0.15, -0.1) is 10.2 Å². The molecule has 4 nitrogen and oxygen atoms in total. The Labute approximate surface area is 134 Å². The quantitative estimate of drug-likeness (QED) is 0.482. The highest BCUT2D eigenvalue weighted by Gasteiger charge is 2.03. The van der Waals surface area contributed by atoms with Crippen LogP contribution in [-0.2, 0) is 0 Å². The van der Waals surface area contributed by atoms with Crippen molar-refractivity contribution in [2.24, 2.45) is 10.2 Å². The molecule has 0 saturated heterocycles. The SMILES string of the molecule is CNc1ccc(N=Nc2nc3ccc([125I])cc3s2)cc1. The Kier molecular flexibility index (Phi) is 3.93. The summed E-state index contributed by atoms with van der Waals surface area (Å²) in [6.45, 7) is 0. The lowest BCUT2D eigenvalue weighted by Gasteiger charge is -1.97. The molecule has 0 aliphatic rings. The van der Waals surface area contributed by atoms with E-state index >= 15 is 0 Å². The van der Waals surface area contributed by atoms with Crippen LogP contribution in [0.3, 0.4) is 0 Å². The Morgan fingerprint density at radius 3 is 2.65 bits per heavy atom. The molecular formula is C14H11IN4S. The van der Waals surface area contributed by atoms with Crippen molar-refractivity contribution in [3.05, 3.63) is 46.0 Å². The van der Waals surface area contributed by atoms with Crippen molar-refractivity contribution in [2.45, 2.75) is 0 Å². The maximum absolute atomic E-state index is 4.45. The Balaban J connectivity index is 1.85. The van der Waals surface area contributed by atoms with Gasteiger partial charge in [0.25, 0.3) is 0 Å². The molecule has 1 N–H and O–H groups in total. The highest BCUT2D eigenvalue weighted by Crippen LogP contribution is 2.30. The van der Waals surface area contributed by atoms with Crippen LogP contribution in [0.4, 0.5) is 16.5 Å². The monoisotopic (exact) mass is 392 g/mol. The molecule has 1 aromatic heterocycles. The first-order valence-corrected chi connectivity index (χ1v) is 7.90. The molecule has 0 unspecified atom stereocenters. The first kappa shape index (κ1) is 13.4. The molecule has 0 fully saturated rings. The summed E-state index contributed by atoms with van der Waals surface area (Å²) in [5, 5.41) is 12.2. The molecule has 0 spiro atoms. The molecule has 0 saturated carbocycles. The number of thiazole rings is 1. The zero-order valence-corrected chi connectivity index (χ0v) is 13.6. The summed E-state index contributed by atoms with van der Waals surface area (Å²) >= 11 is 3.84. The fourth-order valence-corrected chi connectivity index (χ4v) is 3.25. The molecular weight excluding hydrogens is 381 g/mol. The number of hydrogen-bond acceptors (Lipinski definition) is 5. The van der Waals surface area contributed by atoms with Crippen molar-refractivity contribution < 1.29 is 0 Å². The summed E-state index contributed by atoms with van der Waals surface area (Å²) in [6.07, 6.45) is 0. The van der Waals surface area contributed by atoms with Crippen LogP contribution in [0.5, 0.6) is 0 Å². The van der Waals surface area contributed by atoms with Gasteiger partial charge in [-0.25, -0.2) is 4.98 Å². The van der Waals surface area contributed by atoms with Gasteiger partial charge in [-0.1, -0.05) is 11.3 Å². The van der Waals surface area contributed by atoms with Crippen LogP contribution in [0.25, 0.3) is 10.2 Å². The summed E-state index contributed by atoms with van der Waals surface area (Å²) in [5.74, 6) is 0. The smallest absolute Gasteiger partial charge is 0.231 e. The number of nitrogens with one attached hydrogen (secondary N) is 1. The molecule has 100 valence electrons. The van der Waals surface area contributed by atoms with Gasteiger partial charge >= 0.3 is 0 Å². The van der Waals surface area contributed by atoms with Crippen molar-refractivity contribution in [1.82, 2.24) is 4.98 Å². The standard InChI is InChI=1S/C14H11IN4S/c1-16-10-3-5-11(6-4-10)18-19-14-17-12-7-2-9(15)8-13(12)20-14/h2-8,16H,1H3/i15-2.